The summed E-state index contributed by atoms with van der Waals surface area (Å²) in [7, 11) is 0. The Morgan fingerprint density at radius 2 is 1.97 bits per heavy atom. The maximum Gasteiger partial charge on any atom is 0.295 e. The van der Waals surface area contributed by atoms with Crippen LogP contribution in [-0.2, 0) is 16.1 Å². The smallest absolute Gasteiger partial charge is 0.295 e. The fraction of sp³-hybridized carbons (Fsp3) is 0.148. The lowest BCUT2D eigenvalue weighted by Crippen LogP contribution is -2.29. The van der Waals surface area contributed by atoms with E-state index in [-0.39, 0.29) is 17.9 Å². The minimum absolute atomic E-state index is 0.0547. The number of aromatic nitrogens is 1. The Morgan fingerprint density at radius 3 is 2.62 bits per heavy atom. The van der Waals surface area contributed by atoms with E-state index in [1.165, 1.54) is 4.90 Å². The average Bonchev–Trinajstić information content (AvgIpc) is 3.08. The summed E-state index contributed by atoms with van der Waals surface area (Å²) in [5.74, 6) is -0.981. The van der Waals surface area contributed by atoms with E-state index in [1.807, 2.05) is 37.3 Å². The molecule has 0 saturated carbocycles. The number of ether oxygens (including phenoxy) is 1. The third-order valence-corrected chi connectivity index (χ3v) is 6.15. The summed E-state index contributed by atoms with van der Waals surface area (Å²) in [6.07, 6.45) is 4.95. The van der Waals surface area contributed by atoms with Crippen molar-refractivity contribution in [1.29, 1.82) is 0 Å². The van der Waals surface area contributed by atoms with Crippen molar-refractivity contribution < 1.29 is 19.4 Å². The molecule has 1 amide bonds. The number of benzene rings is 2. The molecule has 1 atom stereocenters. The number of Topliss-reactive ketones (excluding diaryl/α,β-unsaturated/α-hetero) is 1. The van der Waals surface area contributed by atoms with Crippen LogP contribution in [0.2, 0.25) is 0 Å². The van der Waals surface area contributed by atoms with Gasteiger partial charge in [-0.25, -0.2) is 0 Å². The van der Waals surface area contributed by atoms with Crippen LogP contribution in [0.5, 0.6) is 5.75 Å². The number of aryl methyl sites for hydroxylation is 1. The van der Waals surface area contributed by atoms with Gasteiger partial charge in [0.05, 0.1) is 11.6 Å². The number of amides is 1. The summed E-state index contributed by atoms with van der Waals surface area (Å²) in [6, 6.07) is 15.4. The van der Waals surface area contributed by atoms with Crippen molar-refractivity contribution in [2.45, 2.75) is 19.5 Å². The first kappa shape index (κ1) is 23.4. The molecule has 34 heavy (non-hydrogen) atoms. The molecule has 2 aromatic carbocycles. The van der Waals surface area contributed by atoms with Crippen LogP contribution >= 0.6 is 15.9 Å². The van der Waals surface area contributed by atoms with E-state index < -0.39 is 17.7 Å². The third kappa shape index (κ3) is 4.65. The van der Waals surface area contributed by atoms with Gasteiger partial charge in [0.2, 0.25) is 0 Å². The molecule has 3 aromatic rings. The molecule has 6 nitrogen and oxygen atoms in total. The molecule has 0 bridgehead atoms. The third-order valence-electron chi connectivity index (χ3n) is 5.62. The van der Waals surface area contributed by atoms with Crippen LogP contribution in [0.25, 0.3) is 5.76 Å². The summed E-state index contributed by atoms with van der Waals surface area (Å²) in [6.45, 7) is 5.99. The highest BCUT2D eigenvalue weighted by molar-refractivity contribution is 9.10. The van der Waals surface area contributed by atoms with Crippen LogP contribution in [0.15, 0.2) is 89.7 Å². The summed E-state index contributed by atoms with van der Waals surface area (Å²) in [5.41, 5.74) is 2.74. The van der Waals surface area contributed by atoms with Gasteiger partial charge < -0.3 is 14.7 Å². The number of aliphatic hydroxyl groups excluding tert-OH is 1. The maximum atomic E-state index is 13.2. The number of aliphatic hydroxyl groups is 1. The first-order chi connectivity index (χ1) is 16.4. The molecule has 0 aliphatic carbocycles. The summed E-state index contributed by atoms with van der Waals surface area (Å²) in [4.78, 5) is 31.9. The van der Waals surface area contributed by atoms with Gasteiger partial charge in [-0.1, -0.05) is 46.8 Å². The van der Waals surface area contributed by atoms with E-state index in [0.717, 1.165) is 15.6 Å². The molecular formula is C27H23BrN2O4. The molecule has 1 N–H and O–H groups in total. The number of hydrogen-bond acceptors (Lipinski definition) is 5. The zero-order chi connectivity index (χ0) is 24.2. The molecule has 4 rings (SSSR count). The predicted octanol–water partition coefficient (Wildman–Crippen LogP) is 5.34. The molecule has 7 heteroatoms. The highest BCUT2D eigenvalue weighted by Gasteiger charge is 2.46. The number of carbonyl (C=O) groups is 2. The van der Waals surface area contributed by atoms with Gasteiger partial charge in [-0.2, -0.15) is 0 Å². The highest BCUT2D eigenvalue weighted by Crippen LogP contribution is 2.41. The number of hydrogen-bond donors (Lipinski definition) is 1. The molecule has 1 unspecified atom stereocenters. The Balaban J connectivity index is 1.82. The molecule has 0 radical (unpaired) electrons. The molecule has 1 aromatic heterocycles. The van der Waals surface area contributed by atoms with E-state index in [2.05, 4.69) is 27.5 Å². The molecular weight excluding hydrogens is 496 g/mol. The average molecular weight is 519 g/mol. The zero-order valence-corrected chi connectivity index (χ0v) is 20.2. The largest absolute Gasteiger partial charge is 0.507 e. The predicted molar refractivity (Wildman–Crippen MR) is 133 cm³/mol. The van der Waals surface area contributed by atoms with Gasteiger partial charge in [-0.15, -0.1) is 0 Å². The summed E-state index contributed by atoms with van der Waals surface area (Å²) < 4.78 is 6.43. The SMILES string of the molecule is C=CCOc1ccc(/C(O)=C2/C(=O)C(=O)N(Cc3cccnc3)C2c2ccc(Br)cc2)c(C)c1. The van der Waals surface area contributed by atoms with Gasteiger partial charge in [0.15, 0.2) is 0 Å². The maximum absolute atomic E-state index is 13.2. The van der Waals surface area contributed by atoms with Crippen molar-refractivity contribution in [3.63, 3.8) is 0 Å². The lowest BCUT2D eigenvalue weighted by atomic mass is 9.94. The van der Waals surface area contributed by atoms with Gasteiger partial charge in [-0.05, 0) is 60.0 Å². The molecule has 1 fully saturated rings. The first-order valence-corrected chi connectivity index (χ1v) is 11.5. The van der Waals surface area contributed by atoms with Crippen molar-refractivity contribution >= 4 is 33.4 Å². The van der Waals surface area contributed by atoms with Crippen LogP contribution in [0.3, 0.4) is 0 Å². The second-order valence-electron chi connectivity index (χ2n) is 7.92. The summed E-state index contributed by atoms with van der Waals surface area (Å²) in [5, 5.41) is 11.3. The molecule has 2 heterocycles. The van der Waals surface area contributed by atoms with Crippen molar-refractivity contribution in [2.75, 3.05) is 6.61 Å². The Bertz CT molecular complexity index is 1270. The lowest BCUT2D eigenvalue weighted by Gasteiger charge is -2.25. The quantitative estimate of drug-likeness (QED) is 0.197. The van der Waals surface area contributed by atoms with Crippen LogP contribution < -0.4 is 4.74 Å². The number of rotatable bonds is 7. The Kier molecular flexibility index (Phi) is 6.93. The second kappa shape index (κ2) is 10.1. The van der Waals surface area contributed by atoms with Crippen molar-refractivity contribution in [1.82, 2.24) is 9.88 Å². The standard InChI is InChI=1S/C27H23BrN2O4/c1-3-13-34-21-10-11-22(17(2)14-21)25(31)23-24(19-6-8-20(28)9-7-19)30(27(33)26(23)32)16-18-5-4-12-29-15-18/h3-12,14-15,24,31H,1,13,16H2,2H3/b25-23-. The monoisotopic (exact) mass is 518 g/mol. The Hall–Kier alpha value is -3.71. The highest BCUT2D eigenvalue weighted by atomic mass is 79.9. The van der Waals surface area contributed by atoms with Crippen molar-refractivity contribution in [2.24, 2.45) is 0 Å². The molecule has 1 aliphatic heterocycles. The number of ketones is 1. The topological polar surface area (TPSA) is 79.7 Å². The molecule has 1 aliphatic rings. The second-order valence-corrected chi connectivity index (χ2v) is 8.83. The van der Waals surface area contributed by atoms with E-state index in [0.29, 0.717) is 23.5 Å². The number of nitrogens with zero attached hydrogens (tertiary/aromatic N) is 2. The molecule has 0 spiro atoms. The van der Waals surface area contributed by atoms with Gasteiger partial charge in [0, 0.05) is 29.0 Å². The van der Waals surface area contributed by atoms with Gasteiger partial charge >= 0.3 is 0 Å². The van der Waals surface area contributed by atoms with Crippen LogP contribution in [-0.4, -0.2) is 33.3 Å². The Labute approximate surface area is 206 Å². The normalized spacial score (nSPS) is 17.1. The number of carbonyl (C=O) groups excluding carboxylic acids is 2. The van der Waals surface area contributed by atoms with E-state index in [9.17, 15) is 14.7 Å². The van der Waals surface area contributed by atoms with Crippen LogP contribution in [0.1, 0.15) is 28.3 Å². The van der Waals surface area contributed by atoms with Crippen LogP contribution in [0.4, 0.5) is 0 Å². The minimum atomic E-state index is -0.746. The van der Waals surface area contributed by atoms with Gasteiger partial charge in [0.25, 0.3) is 11.7 Å². The number of halogens is 1. The van der Waals surface area contributed by atoms with Gasteiger partial charge in [0.1, 0.15) is 18.1 Å². The number of pyridine rings is 1. The zero-order valence-electron chi connectivity index (χ0n) is 18.6. The fourth-order valence-electron chi connectivity index (χ4n) is 4.01. The van der Waals surface area contributed by atoms with E-state index >= 15 is 0 Å². The van der Waals surface area contributed by atoms with E-state index in [1.54, 1.807) is 42.7 Å². The Morgan fingerprint density at radius 1 is 1.21 bits per heavy atom. The number of likely N-dealkylation sites (tertiary alicyclic amines) is 1. The van der Waals surface area contributed by atoms with E-state index in [4.69, 9.17) is 4.74 Å². The van der Waals surface area contributed by atoms with Gasteiger partial charge in [-0.3, -0.25) is 14.6 Å². The molecule has 172 valence electrons. The minimum Gasteiger partial charge on any atom is -0.507 e. The van der Waals surface area contributed by atoms with Crippen LogP contribution in [0, 0.1) is 6.92 Å². The molecule has 1 saturated heterocycles. The fourth-order valence-corrected chi connectivity index (χ4v) is 4.28. The summed E-state index contributed by atoms with van der Waals surface area (Å²) >= 11 is 3.43. The van der Waals surface area contributed by atoms with Crippen molar-refractivity contribution in [3.05, 3.63) is 112 Å². The van der Waals surface area contributed by atoms with Crippen molar-refractivity contribution in [3.8, 4) is 5.75 Å². The lowest BCUT2D eigenvalue weighted by molar-refractivity contribution is -0.140. The first-order valence-electron chi connectivity index (χ1n) is 10.7.